The summed E-state index contributed by atoms with van der Waals surface area (Å²) in [5, 5.41) is 32.6. The van der Waals surface area contributed by atoms with Crippen molar-refractivity contribution in [3.63, 3.8) is 0 Å². The van der Waals surface area contributed by atoms with E-state index >= 15 is 0 Å². The third kappa shape index (κ3) is 2.20. The Labute approximate surface area is 140 Å². The van der Waals surface area contributed by atoms with Crippen LogP contribution in [0.4, 0.5) is 0 Å². The predicted octanol–water partition coefficient (Wildman–Crippen LogP) is 3.34. The zero-order chi connectivity index (χ0) is 17.0. The Hall–Kier alpha value is -0.640. The number of hydrogen-bond donors (Lipinski definition) is 3. The Morgan fingerprint density at radius 2 is 1.91 bits per heavy atom. The van der Waals surface area contributed by atoms with Gasteiger partial charge in [0.25, 0.3) is 0 Å². The zero-order valence-corrected chi connectivity index (χ0v) is 14.9. The molecule has 3 aliphatic rings. The molecule has 0 saturated heterocycles. The molecule has 130 valence electrons. The van der Waals surface area contributed by atoms with E-state index in [-0.39, 0.29) is 12.0 Å². The number of rotatable bonds is 2. The van der Waals surface area contributed by atoms with E-state index in [4.69, 9.17) is 0 Å². The van der Waals surface area contributed by atoms with E-state index in [1.165, 1.54) is 11.1 Å². The van der Waals surface area contributed by atoms with Crippen molar-refractivity contribution in [2.75, 3.05) is 6.61 Å². The first-order chi connectivity index (χ1) is 10.7. The summed E-state index contributed by atoms with van der Waals surface area (Å²) in [6.07, 6.45) is 4.85. The second-order valence-electron chi connectivity index (χ2n) is 8.73. The molecular formula is C20H32O3. The minimum absolute atomic E-state index is 0.0364. The lowest BCUT2D eigenvalue weighted by atomic mass is 9.56. The van der Waals surface area contributed by atoms with Gasteiger partial charge in [0.2, 0.25) is 0 Å². The van der Waals surface area contributed by atoms with Gasteiger partial charge in [-0.3, -0.25) is 0 Å². The molecule has 0 aliphatic heterocycles. The van der Waals surface area contributed by atoms with Crippen molar-refractivity contribution < 1.29 is 15.3 Å². The molecule has 0 spiro atoms. The highest BCUT2D eigenvalue weighted by Gasteiger charge is 2.62. The highest BCUT2D eigenvalue weighted by Crippen LogP contribution is 2.62. The molecule has 3 heteroatoms. The van der Waals surface area contributed by atoms with Crippen LogP contribution in [0.2, 0.25) is 0 Å². The molecule has 0 aromatic rings. The van der Waals surface area contributed by atoms with E-state index in [0.717, 1.165) is 24.8 Å². The zero-order valence-electron chi connectivity index (χ0n) is 14.9. The monoisotopic (exact) mass is 320 g/mol. The van der Waals surface area contributed by atoms with E-state index in [1.807, 2.05) is 0 Å². The molecule has 3 aliphatic carbocycles. The highest BCUT2D eigenvalue weighted by atomic mass is 16.3. The lowest BCUT2D eigenvalue weighted by Gasteiger charge is -2.54. The molecule has 2 fully saturated rings. The van der Waals surface area contributed by atoms with E-state index in [1.54, 1.807) is 0 Å². The number of hydrogen-bond acceptors (Lipinski definition) is 3. The molecule has 0 aromatic carbocycles. The highest BCUT2D eigenvalue weighted by molar-refractivity contribution is 5.36. The van der Waals surface area contributed by atoms with Gasteiger partial charge in [0, 0.05) is 0 Å². The minimum atomic E-state index is -1.16. The average molecular weight is 320 g/mol. The first-order valence-corrected chi connectivity index (χ1v) is 9.12. The summed E-state index contributed by atoms with van der Waals surface area (Å²) >= 11 is 0. The van der Waals surface area contributed by atoms with Crippen LogP contribution in [0, 0.1) is 16.7 Å². The fourth-order valence-corrected chi connectivity index (χ4v) is 5.72. The average Bonchev–Trinajstić information content (AvgIpc) is 2.75. The van der Waals surface area contributed by atoms with Gasteiger partial charge in [0.05, 0.1) is 23.7 Å². The maximum absolute atomic E-state index is 11.7. The van der Waals surface area contributed by atoms with Crippen LogP contribution >= 0.6 is 0 Å². The number of fused-ring (bicyclic) bond motifs is 2. The number of allylic oxidation sites excluding steroid dienone is 2. The van der Waals surface area contributed by atoms with Gasteiger partial charge >= 0.3 is 0 Å². The molecule has 0 bridgehead atoms. The fraction of sp³-hybridized carbons (Fsp3) is 0.800. The van der Waals surface area contributed by atoms with E-state index in [9.17, 15) is 15.3 Å². The van der Waals surface area contributed by atoms with Gasteiger partial charge in [-0.1, -0.05) is 38.5 Å². The molecule has 2 saturated carbocycles. The largest absolute Gasteiger partial charge is 0.396 e. The summed E-state index contributed by atoms with van der Waals surface area (Å²) < 4.78 is 0. The Kier molecular flexibility index (Phi) is 4.06. The number of aliphatic hydroxyl groups is 3. The molecule has 3 nitrogen and oxygen atoms in total. The van der Waals surface area contributed by atoms with Crippen LogP contribution in [0.3, 0.4) is 0 Å². The first kappa shape index (κ1) is 17.2. The van der Waals surface area contributed by atoms with Crippen molar-refractivity contribution in [1.82, 2.24) is 0 Å². The molecule has 3 rings (SSSR count). The Morgan fingerprint density at radius 3 is 2.52 bits per heavy atom. The summed E-state index contributed by atoms with van der Waals surface area (Å²) in [6, 6.07) is 0. The molecule has 3 N–H and O–H groups in total. The maximum Gasteiger partial charge on any atom is 0.0965 e. The normalized spacial score (nSPS) is 44.3. The van der Waals surface area contributed by atoms with E-state index in [0.29, 0.717) is 31.6 Å². The molecule has 4 atom stereocenters. The third-order valence-corrected chi connectivity index (χ3v) is 7.27. The molecule has 0 heterocycles. The van der Waals surface area contributed by atoms with Crippen LogP contribution in [0.1, 0.15) is 65.7 Å². The van der Waals surface area contributed by atoms with Crippen molar-refractivity contribution in [3.8, 4) is 0 Å². The summed E-state index contributed by atoms with van der Waals surface area (Å²) in [4.78, 5) is 0. The summed E-state index contributed by atoms with van der Waals surface area (Å²) in [5.74, 6) is 0.528. The van der Waals surface area contributed by atoms with E-state index < -0.39 is 17.1 Å². The van der Waals surface area contributed by atoms with Gasteiger partial charge in [-0.15, -0.1) is 0 Å². The standard InChI is InChI=1S/C20H32O3/c1-13(2)15-7-9-18(4)11-20(23)14(3)5-6-17(22)19(20,12-21)10-8-16(15)18/h13,17,21-23H,3,5-12H2,1-2,4H3/t17-,18-,19+,20+/m1/s1. The molecule has 0 radical (unpaired) electrons. The van der Waals surface area contributed by atoms with Gasteiger partial charge in [-0.25, -0.2) is 0 Å². The minimum Gasteiger partial charge on any atom is -0.396 e. The molecule has 0 amide bonds. The molecule has 0 unspecified atom stereocenters. The SMILES string of the molecule is C=C1CC[C@@H](O)[C@@]2(CO)CCC3=C(C(C)C)CC[C@]3(C)C[C@]12O. The van der Waals surface area contributed by atoms with Gasteiger partial charge < -0.3 is 15.3 Å². The van der Waals surface area contributed by atoms with Crippen molar-refractivity contribution in [2.24, 2.45) is 16.7 Å². The summed E-state index contributed by atoms with van der Waals surface area (Å²) in [7, 11) is 0. The first-order valence-electron chi connectivity index (χ1n) is 9.12. The van der Waals surface area contributed by atoms with Gasteiger partial charge in [-0.05, 0) is 61.9 Å². The molecule has 0 aromatic heterocycles. The van der Waals surface area contributed by atoms with Crippen molar-refractivity contribution >= 4 is 0 Å². The van der Waals surface area contributed by atoms with E-state index in [2.05, 4.69) is 27.4 Å². The summed E-state index contributed by atoms with van der Waals surface area (Å²) in [5.41, 5.74) is 1.75. The van der Waals surface area contributed by atoms with Crippen LogP contribution < -0.4 is 0 Å². The third-order valence-electron chi connectivity index (χ3n) is 7.27. The van der Waals surface area contributed by atoms with Crippen LogP contribution in [-0.2, 0) is 0 Å². The van der Waals surface area contributed by atoms with Crippen LogP contribution in [-0.4, -0.2) is 33.6 Å². The smallest absolute Gasteiger partial charge is 0.0965 e. The second-order valence-corrected chi connectivity index (χ2v) is 8.73. The lowest BCUT2D eigenvalue weighted by Crippen LogP contribution is -2.61. The Morgan fingerprint density at radius 1 is 1.22 bits per heavy atom. The van der Waals surface area contributed by atoms with Crippen LogP contribution in [0.5, 0.6) is 0 Å². The van der Waals surface area contributed by atoms with Gasteiger partial charge in [0.1, 0.15) is 0 Å². The quantitative estimate of drug-likeness (QED) is 0.684. The number of aliphatic hydroxyl groups excluding tert-OH is 2. The van der Waals surface area contributed by atoms with Crippen molar-refractivity contribution in [3.05, 3.63) is 23.3 Å². The Balaban J connectivity index is 2.13. The topological polar surface area (TPSA) is 60.7 Å². The van der Waals surface area contributed by atoms with Crippen LogP contribution in [0.15, 0.2) is 23.3 Å². The van der Waals surface area contributed by atoms with Gasteiger partial charge in [-0.2, -0.15) is 0 Å². The molecule has 23 heavy (non-hydrogen) atoms. The van der Waals surface area contributed by atoms with Crippen LogP contribution in [0.25, 0.3) is 0 Å². The van der Waals surface area contributed by atoms with Crippen molar-refractivity contribution in [1.29, 1.82) is 0 Å². The van der Waals surface area contributed by atoms with Gasteiger partial charge in [0.15, 0.2) is 0 Å². The summed E-state index contributed by atoms with van der Waals surface area (Å²) in [6.45, 7) is 10.7. The molecular weight excluding hydrogens is 288 g/mol. The Bertz CT molecular complexity index is 549. The maximum atomic E-state index is 11.7. The predicted molar refractivity (Wildman–Crippen MR) is 91.9 cm³/mol. The fourth-order valence-electron chi connectivity index (χ4n) is 5.72. The van der Waals surface area contributed by atoms with Crippen molar-refractivity contribution in [2.45, 2.75) is 77.4 Å². The lowest BCUT2D eigenvalue weighted by molar-refractivity contribution is -0.173. The second kappa shape index (κ2) is 5.44.